The Balaban J connectivity index is 1.48. The van der Waals surface area contributed by atoms with Gasteiger partial charge in [-0.15, -0.1) is 11.3 Å². The first-order chi connectivity index (χ1) is 14.1. The minimum Gasteiger partial charge on any atom is -0.378 e. The van der Waals surface area contributed by atoms with Crippen LogP contribution in [0.1, 0.15) is 22.9 Å². The van der Waals surface area contributed by atoms with Crippen molar-refractivity contribution in [3.8, 4) is 0 Å². The largest absolute Gasteiger partial charge is 0.378 e. The van der Waals surface area contributed by atoms with Crippen LogP contribution < -0.4 is 0 Å². The van der Waals surface area contributed by atoms with Crippen LogP contribution in [0.25, 0.3) is 0 Å². The third-order valence-electron chi connectivity index (χ3n) is 4.81. The number of carbonyl (C=O) groups excluding carboxylic acids is 1. The molecule has 152 valence electrons. The molecule has 0 bridgehead atoms. The van der Waals surface area contributed by atoms with Crippen molar-refractivity contribution in [2.75, 3.05) is 32.1 Å². The predicted molar refractivity (Wildman–Crippen MR) is 119 cm³/mol. The van der Waals surface area contributed by atoms with Gasteiger partial charge in [0.15, 0.2) is 0 Å². The van der Waals surface area contributed by atoms with Gasteiger partial charge in [0, 0.05) is 19.5 Å². The van der Waals surface area contributed by atoms with E-state index in [2.05, 4.69) is 10.0 Å². The molecule has 3 heterocycles. The van der Waals surface area contributed by atoms with E-state index in [1.165, 1.54) is 28.9 Å². The number of nitrogens with zero attached hydrogens (tertiary/aromatic N) is 3. The summed E-state index contributed by atoms with van der Waals surface area (Å²) in [5.41, 5.74) is 1.75. The fraction of sp³-hybridized carbons (Fsp3) is 0.350. The molecule has 0 aliphatic carbocycles. The lowest BCUT2D eigenvalue weighted by Gasteiger charge is -2.29. The number of amides is 1. The molecular weight excluding hydrogens is 429 g/mol. The number of morpholine rings is 1. The Morgan fingerprint density at radius 3 is 2.72 bits per heavy atom. The van der Waals surface area contributed by atoms with Crippen LogP contribution in [0.2, 0.25) is 0 Å². The summed E-state index contributed by atoms with van der Waals surface area (Å²) < 4.78 is 19.4. The van der Waals surface area contributed by atoms with E-state index in [1.807, 2.05) is 17.5 Å². The van der Waals surface area contributed by atoms with Crippen LogP contribution in [0, 0.1) is 5.82 Å². The Morgan fingerprint density at radius 1 is 1.28 bits per heavy atom. The molecule has 2 aromatic rings. The van der Waals surface area contributed by atoms with E-state index in [9.17, 15) is 9.18 Å². The van der Waals surface area contributed by atoms with Crippen molar-refractivity contribution in [1.29, 1.82) is 0 Å². The third-order valence-corrected chi connectivity index (χ3v) is 7.24. The van der Waals surface area contributed by atoms with E-state index in [0.29, 0.717) is 24.0 Å². The average Bonchev–Trinajstić information content (AvgIpc) is 3.43. The summed E-state index contributed by atoms with van der Waals surface area (Å²) in [7, 11) is 0. The molecular formula is C20H20FN3O2S3. The SMILES string of the molecule is O=C(CSC(=S)N1CCOCC1)N1N=C(c2cccs2)CC1c1ccc(F)cc1. The molecule has 1 amide bonds. The van der Waals surface area contributed by atoms with E-state index in [4.69, 9.17) is 17.0 Å². The first-order valence-electron chi connectivity index (χ1n) is 9.30. The maximum atomic E-state index is 13.4. The molecule has 4 rings (SSSR count). The van der Waals surface area contributed by atoms with Crippen molar-refractivity contribution in [3.05, 3.63) is 58.0 Å². The number of benzene rings is 1. The molecule has 1 unspecified atom stereocenters. The van der Waals surface area contributed by atoms with Crippen LogP contribution in [0.5, 0.6) is 0 Å². The predicted octanol–water partition coefficient (Wildman–Crippen LogP) is 3.92. The number of thiocarbonyl (C=S) groups is 1. The van der Waals surface area contributed by atoms with E-state index in [0.717, 1.165) is 29.2 Å². The number of thioether (sulfide) groups is 1. The fourth-order valence-corrected chi connectivity index (χ4v) is 5.13. The lowest BCUT2D eigenvalue weighted by Crippen LogP contribution is -2.39. The Labute approximate surface area is 182 Å². The van der Waals surface area contributed by atoms with Gasteiger partial charge in [-0.2, -0.15) is 5.10 Å². The minimum absolute atomic E-state index is 0.105. The number of ether oxygens (including phenoxy) is 1. The molecule has 1 atom stereocenters. The number of thiophene rings is 1. The maximum Gasteiger partial charge on any atom is 0.253 e. The average molecular weight is 450 g/mol. The summed E-state index contributed by atoms with van der Waals surface area (Å²) in [6, 6.07) is 10.0. The highest BCUT2D eigenvalue weighted by Crippen LogP contribution is 2.34. The molecule has 0 spiro atoms. The molecule has 2 aliphatic heterocycles. The first-order valence-corrected chi connectivity index (χ1v) is 11.6. The van der Waals surface area contributed by atoms with Crippen LogP contribution >= 0.6 is 35.3 Å². The zero-order chi connectivity index (χ0) is 20.2. The molecule has 0 saturated carbocycles. The normalized spacial score (nSPS) is 19.3. The number of carbonyl (C=O) groups is 1. The number of rotatable bonds is 4. The molecule has 29 heavy (non-hydrogen) atoms. The lowest BCUT2D eigenvalue weighted by molar-refractivity contribution is -0.130. The number of halogens is 1. The Kier molecular flexibility index (Phi) is 6.59. The summed E-state index contributed by atoms with van der Waals surface area (Å²) in [5.74, 6) is -0.184. The van der Waals surface area contributed by atoms with Gasteiger partial charge in [-0.05, 0) is 29.1 Å². The molecule has 1 aromatic carbocycles. The van der Waals surface area contributed by atoms with E-state index in [-0.39, 0.29) is 23.5 Å². The lowest BCUT2D eigenvalue weighted by atomic mass is 10.0. The van der Waals surface area contributed by atoms with Crippen molar-refractivity contribution in [3.63, 3.8) is 0 Å². The van der Waals surface area contributed by atoms with Crippen molar-refractivity contribution in [1.82, 2.24) is 9.91 Å². The minimum atomic E-state index is -0.296. The molecule has 1 saturated heterocycles. The second-order valence-corrected chi connectivity index (χ2v) is 9.24. The van der Waals surface area contributed by atoms with Crippen LogP contribution in [0.15, 0.2) is 46.9 Å². The standard InChI is InChI=1S/C20H20FN3O2S3/c21-15-5-3-14(4-6-15)17-12-16(18-2-1-11-28-18)22-24(17)19(25)13-29-20(27)23-7-9-26-10-8-23/h1-6,11,17H,7-10,12-13H2. The molecule has 0 radical (unpaired) electrons. The van der Waals surface area contributed by atoms with Crippen LogP contribution in [-0.2, 0) is 9.53 Å². The van der Waals surface area contributed by atoms with Crippen molar-refractivity contribution in [2.45, 2.75) is 12.5 Å². The number of hydrogen-bond donors (Lipinski definition) is 0. The van der Waals surface area contributed by atoms with Gasteiger partial charge in [-0.25, -0.2) is 9.40 Å². The zero-order valence-electron chi connectivity index (χ0n) is 15.6. The topological polar surface area (TPSA) is 45.1 Å². The monoisotopic (exact) mass is 449 g/mol. The van der Waals surface area contributed by atoms with Crippen LogP contribution in [-0.4, -0.2) is 57.9 Å². The van der Waals surface area contributed by atoms with Crippen molar-refractivity contribution >= 4 is 51.3 Å². The molecule has 0 N–H and O–H groups in total. The Hall–Kier alpha value is -1.81. The van der Waals surface area contributed by atoms with Gasteiger partial charge in [0.2, 0.25) is 0 Å². The van der Waals surface area contributed by atoms with Gasteiger partial charge in [0.05, 0.1) is 35.6 Å². The molecule has 1 fully saturated rings. The van der Waals surface area contributed by atoms with Gasteiger partial charge in [-0.1, -0.05) is 42.2 Å². The highest BCUT2D eigenvalue weighted by atomic mass is 32.2. The smallest absolute Gasteiger partial charge is 0.253 e. The molecule has 1 aromatic heterocycles. The summed E-state index contributed by atoms with van der Waals surface area (Å²) in [6.45, 7) is 2.81. The van der Waals surface area contributed by atoms with Crippen molar-refractivity contribution < 1.29 is 13.9 Å². The molecule has 9 heteroatoms. The van der Waals surface area contributed by atoms with Gasteiger partial charge >= 0.3 is 0 Å². The second-order valence-electron chi connectivity index (χ2n) is 6.69. The van der Waals surface area contributed by atoms with Gasteiger partial charge in [0.1, 0.15) is 10.1 Å². The highest BCUT2D eigenvalue weighted by molar-refractivity contribution is 8.23. The summed E-state index contributed by atoms with van der Waals surface area (Å²) in [5, 5.41) is 8.16. The van der Waals surface area contributed by atoms with Gasteiger partial charge in [0.25, 0.3) is 5.91 Å². The molecule has 2 aliphatic rings. The highest BCUT2D eigenvalue weighted by Gasteiger charge is 2.33. The maximum absolute atomic E-state index is 13.4. The van der Waals surface area contributed by atoms with Gasteiger partial charge < -0.3 is 9.64 Å². The summed E-state index contributed by atoms with van der Waals surface area (Å²) in [4.78, 5) is 16.1. The Bertz CT molecular complexity index is 896. The number of hydrogen-bond acceptors (Lipinski definition) is 6. The number of hydrazone groups is 1. The first kappa shape index (κ1) is 20.5. The second kappa shape index (κ2) is 9.34. The van der Waals surface area contributed by atoms with E-state index >= 15 is 0 Å². The van der Waals surface area contributed by atoms with Crippen molar-refractivity contribution in [2.24, 2.45) is 5.10 Å². The van der Waals surface area contributed by atoms with Crippen LogP contribution in [0.3, 0.4) is 0 Å². The Morgan fingerprint density at radius 2 is 2.03 bits per heavy atom. The van der Waals surface area contributed by atoms with E-state index < -0.39 is 0 Å². The summed E-state index contributed by atoms with van der Waals surface area (Å²) >= 11 is 8.44. The molecule has 5 nitrogen and oxygen atoms in total. The summed E-state index contributed by atoms with van der Waals surface area (Å²) in [6.07, 6.45) is 0.608. The van der Waals surface area contributed by atoms with E-state index in [1.54, 1.807) is 23.5 Å². The zero-order valence-corrected chi connectivity index (χ0v) is 18.1. The van der Waals surface area contributed by atoms with Crippen LogP contribution in [0.4, 0.5) is 4.39 Å². The third kappa shape index (κ3) is 4.85. The quantitative estimate of drug-likeness (QED) is 0.662. The van der Waals surface area contributed by atoms with Gasteiger partial charge in [-0.3, -0.25) is 4.79 Å². The fourth-order valence-electron chi connectivity index (χ4n) is 3.30.